The third-order valence-corrected chi connectivity index (χ3v) is 2.77. The molecule has 0 saturated carbocycles. The van der Waals surface area contributed by atoms with E-state index in [1.54, 1.807) is 13.1 Å². The van der Waals surface area contributed by atoms with E-state index in [9.17, 15) is 4.39 Å². The molecular weight excluding hydrogens is 231 g/mol. The summed E-state index contributed by atoms with van der Waals surface area (Å²) in [6.45, 7) is 3.82. The molecule has 5 heteroatoms. The van der Waals surface area contributed by atoms with Gasteiger partial charge in [-0.1, -0.05) is 6.07 Å². The lowest BCUT2D eigenvalue weighted by molar-refractivity contribution is 0.628. The van der Waals surface area contributed by atoms with E-state index in [1.807, 2.05) is 13.8 Å². The van der Waals surface area contributed by atoms with E-state index >= 15 is 0 Å². The van der Waals surface area contributed by atoms with Crippen LogP contribution in [-0.4, -0.2) is 17.0 Å². The molecule has 1 heterocycles. The van der Waals surface area contributed by atoms with Crippen molar-refractivity contribution in [2.24, 2.45) is 0 Å². The highest BCUT2D eigenvalue weighted by Crippen LogP contribution is 2.24. The number of nitrogens with one attached hydrogen (secondary N) is 2. The Bertz CT molecular complexity index is 569. The van der Waals surface area contributed by atoms with Crippen LogP contribution in [0.2, 0.25) is 0 Å². The number of hydrogen-bond donors (Lipinski definition) is 2. The van der Waals surface area contributed by atoms with Gasteiger partial charge in [0.05, 0.1) is 0 Å². The molecule has 94 valence electrons. The summed E-state index contributed by atoms with van der Waals surface area (Å²) in [4.78, 5) is 8.27. The first-order chi connectivity index (χ1) is 8.61. The Labute approximate surface area is 105 Å². The molecule has 2 aromatic rings. The molecule has 0 amide bonds. The highest BCUT2D eigenvalue weighted by atomic mass is 19.1. The van der Waals surface area contributed by atoms with E-state index in [2.05, 4.69) is 20.6 Å². The first-order valence-electron chi connectivity index (χ1n) is 5.64. The molecular formula is C13H15FN4. The number of rotatable bonds is 3. The summed E-state index contributed by atoms with van der Waals surface area (Å²) < 4.78 is 13.2. The highest BCUT2D eigenvalue weighted by Gasteiger charge is 2.07. The fourth-order valence-electron chi connectivity index (χ4n) is 1.68. The molecule has 2 rings (SSSR count). The molecule has 0 radical (unpaired) electrons. The monoisotopic (exact) mass is 246 g/mol. The summed E-state index contributed by atoms with van der Waals surface area (Å²) in [6.07, 6.45) is 1.47. The number of halogens is 1. The van der Waals surface area contributed by atoms with Crippen LogP contribution in [0.1, 0.15) is 11.1 Å². The SMILES string of the molecule is CNc1ncnc(Nc2cc(F)ccc2C)c1C. The van der Waals surface area contributed by atoms with Crippen LogP contribution in [0, 0.1) is 19.7 Å². The molecule has 0 atom stereocenters. The molecule has 0 aliphatic heterocycles. The van der Waals surface area contributed by atoms with E-state index in [1.165, 1.54) is 18.5 Å². The second-order valence-corrected chi connectivity index (χ2v) is 4.03. The van der Waals surface area contributed by atoms with Crippen LogP contribution in [0.5, 0.6) is 0 Å². The predicted octanol–water partition coefficient (Wildman–Crippen LogP) is 3.02. The van der Waals surface area contributed by atoms with Crippen LogP contribution in [0.3, 0.4) is 0 Å². The Kier molecular flexibility index (Phi) is 3.41. The molecule has 0 aliphatic rings. The Morgan fingerprint density at radius 3 is 2.56 bits per heavy atom. The topological polar surface area (TPSA) is 49.8 Å². The lowest BCUT2D eigenvalue weighted by Gasteiger charge is -2.12. The maximum Gasteiger partial charge on any atom is 0.138 e. The van der Waals surface area contributed by atoms with E-state index in [-0.39, 0.29) is 5.82 Å². The summed E-state index contributed by atoms with van der Waals surface area (Å²) in [5.41, 5.74) is 2.56. The highest BCUT2D eigenvalue weighted by molar-refractivity contribution is 5.66. The minimum Gasteiger partial charge on any atom is -0.373 e. The summed E-state index contributed by atoms with van der Waals surface area (Å²) in [6, 6.07) is 4.62. The van der Waals surface area contributed by atoms with Gasteiger partial charge in [-0.15, -0.1) is 0 Å². The van der Waals surface area contributed by atoms with Crippen LogP contribution in [0.15, 0.2) is 24.5 Å². The Balaban J connectivity index is 2.37. The van der Waals surface area contributed by atoms with Crippen molar-refractivity contribution in [3.05, 3.63) is 41.5 Å². The predicted molar refractivity (Wildman–Crippen MR) is 70.7 cm³/mol. The molecule has 1 aromatic heterocycles. The second kappa shape index (κ2) is 5.00. The van der Waals surface area contributed by atoms with Gasteiger partial charge in [0.2, 0.25) is 0 Å². The number of aromatic nitrogens is 2. The van der Waals surface area contributed by atoms with Crippen LogP contribution in [0.25, 0.3) is 0 Å². The van der Waals surface area contributed by atoms with Gasteiger partial charge in [-0.3, -0.25) is 0 Å². The molecule has 4 nitrogen and oxygen atoms in total. The van der Waals surface area contributed by atoms with Gasteiger partial charge >= 0.3 is 0 Å². The van der Waals surface area contributed by atoms with Crippen molar-refractivity contribution < 1.29 is 4.39 Å². The van der Waals surface area contributed by atoms with Gasteiger partial charge in [-0.25, -0.2) is 14.4 Å². The fraction of sp³-hybridized carbons (Fsp3) is 0.231. The standard InChI is InChI=1S/C13H15FN4/c1-8-4-5-10(14)6-11(8)18-13-9(2)12(15-3)16-7-17-13/h4-7H,1-3H3,(H2,15,16,17,18). The van der Waals surface area contributed by atoms with Crippen molar-refractivity contribution in [1.82, 2.24) is 9.97 Å². The molecule has 18 heavy (non-hydrogen) atoms. The van der Waals surface area contributed by atoms with Crippen molar-refractivity contribution in [1.29, 1.82) is 0 Å². The number of anilines is 3. The van der Waals surface area contributed by atoms with Crippen molar-refractivity contribution in [2.75, 3.05) is 17.7 Å². The molecule has 0 unspecified atom stereocenters. The van der Waals surface area contributed by atoms with E-state index in [4.69, 9.17) is 0 Å². The molecule has 2 N–H and O–H groups in total. The average molecular weight is 246 g/mol. The fourth-order valence-corrected chi connectivity index (χ4v) is 1.68. The molecule has 0 fully saturated rings. The lowest BCUT2D eigenvalue weighted by atomic mass is 10.2. The molecule has 0 saturated heterocycles. The van der Waals surface area contributed by atoms with Crippen LogP contribution < -0.4 is 10.6 Å². The maximum atomic E-state index is 13.2. The van der Waals surface area contributed by atoms with Gasteiger partial charge in [0.1, 0.15) is 23.8 Å². The van der Waals surface area contributed by atoms with E-state index < -0.39 is 0 Å². The van der Waals surface area contributed by atoms with Crippen molar-refractivity contribution in [3.8, 4) is 0 Å². The van der Waals surface area contributed by atoms with Crippen LogP contribution >= 0.6 is 0 Å². The lowest BCUT2D eigenvalue weighted by Crippen LogP contribution is -2.03. The van der Waals surface area contributed by atoms with Crippen molar-refractivity contribution in [2.45, 2.75) is 13.8 Å². The quantitative estimate of drug-likeness (QED) is 0.874. The maximum absolute atomic E-state index is 13.2. The van der Waals surface area contributed by atoms with Gasteiger partial charge in [-0.2, -0.15) is 0 Å². The largest absolute Gasteiger partial charge is 0.373 e. The zero-order valence-corrected chi connectivity index (χ0v) is 10.6. The van der Waals surface area contributed by atoms with Crippen molar-refractivity contribution >= 4 is 17.3 Å². The third-order valence-electron chi connectivity index (χ3n) is 2.77. The van der Waals surface area contributed by atoms with Crippen molar-refractivity contribution in [3.63, 3.8) is 0 Å². The molecule has 0 bridgehead atoms. The van der Waals surface area contributed by atoms with E-state index in [0.717, 1.165) is 16.9 Å². The minimum atomic E-state index is -0.274. The van der Waals surface area contributed by atoms with E-state index in [0.29, 0.717) is 11.5 Å². The molecule has 0 aliphatic carbocycles. The summed E-state index contributed by atoms with van der Waals surface area (Å²) in [7, 11) is 1.80. The normalized spacial score (nSPS) is 10.2. The summed E-state index contributed by atoms with van der Waals surface area (Å²) >= 11 is 0. The Hall–Kier alpha value is -2.17. The molecule has 1 aromatic carbocycles. The Morgan fingerprint density at radius 2 is 1.83 bits per heavy atom. The summed E-state index contributed by atoms with van der Waals surface area (Å²) in [5, 5.41) is 6.11. The van der Waals surface area contributed by atoms with Crippen LogP contribution in [0.4, 0.5) is 21.7 Å². The zero-order chi connectivity index (χ0) is 13.1. The Morgan fingerprint density at radius 1 is 1.11 bits per heavy atom. The first-order valence-corrected chi connectivity index (χ1v) is 5.64. The van der Waals surface area contributed by atoms with Gasteiger partial charge in [-0.05, 0) is 31.5 Å². The van der Waals surface area contributed by atoms with Crippen LogP contribution in [-0.2, 0) is 0 Å². The zero-order valence-electron chi connectivity index (χ0n) is 10.6. The summed E-state index contributed by atoms with van der Waals surface area (Å²) in [5.74, 6) is 1.15. The van der Waals surface area contributed by atoms with Gasteiger partial charge in [0, 0.05) is 18.3 Å². The number of hydrogen-bond acceptors (Lipinski definition) is 4. The number of nitrogens with zero attached hydrogens (tertiary/aromatic N) is 2. The van der Waals surface area contributed by atoms with Gasteiger partial charge < -0.3 is 10.6 Å². The average Bonchev–Trinajstić information content (AvgIpc) is 2.36. The van der Waals surface area contributed by atoms with Gasteiger partial charge in [0.25, 0.3) is 0 Å². The third kappa shape index (κ3) is 2.40. The first kappa shape index (κ1) is 12.3. The molecule has 0 spiro atoms. The van der Waals surface area contributed by atoms with Gasteiger partial charge in [0.15, 0.2) is 0 Å². The second-order valence-electron chi connectivity index (χ2n) is 4.03. The minimum absolute atomic E-state index is 0.274. The number of benzene rings is 1. The smallest absolute Gasteiger partial charge is 0.138 e. The number of aryl methyl sites for hydroxylation is 1.